The van der Waals surface area contributed by atoms with E-state index in [1.807, 2.05) is 23.5 Å². The summed E-state index contributed by atoms with van der Waals surface area (Å²) in [4.78, 5) is 4.78. The standard InChI is InChI=1S/C52H34N2OS/c1-3-15-39(16-4-1)53(40-17-5-2-6-18-40)45-20-11-23-49-51(45)52-46(21-12-24-50(52)56-49)54(42-31-32-44-43-19-9-10-22-47(43)55-48(44)34-42)41-29-27-36(28-30-41)38-26-25-35-13-7-8-14-37(35)33-38/h1-34H. The third kappa shape index (κ3) is 5.42. The summed E-state index contributed by atoms with van der Waals surface area (Å²) < 4.78 is 8.95. The lowest BCUT2D eigenvalue weighted by Gasteiger charge is -2.28. The molecule has 0 amide bonds. The van der Waals surface area contributed by atoms with E-state index in [4.69, 9.17) is 4.42 Å². The second-order valence-corrected chi connectivity index (χ2v) is 15.2. The molecule has 0 aliphatic carbocycles. The van der Waals surface area contributed by atoms with Crippen LogP contribution in [-0.4, -0.2) is 0 Å². The third-order valence-electron chi connectivity index (χ3n) is 10.8. The van der Waals surface area contributed by atoms with Gasteiger partial charge in [0.1, 0.15) is 11.2 Å². The van der Waals surface area contributed by atoms with Gasteiger partial charge >= 0.3 is 0 Å². The van der Waals surface area contributed by atoms with Crippen molar-refractivity contribution in [1.82, 2.24) is 0 Å². The van der Waals surface area contributed by atoms with Crippen LogP contribution in [-0.2, 0) is 0 Å². The van der Waals surface area contributed by atoms with Crippen molar-refractivity contribution in [2.75, 3.05) is 9.80 Å². The van der Waals surface area contributed by atoms with E-state index in [2.05, 4.69) is 204 Å². The first-order valence-electron chi connectivity index (χ1n) is 18.9. The fourth-order valence-electron chi connectivity index (χ4n) is 8.24. The number of hydrogen-bond acceptors (Lipinski definition) is 4. The number of benzene rings is 9. The van der Waals surface area contributed by atoms with Crippen LogP contribution >= 0.6 is 11.3 Å². The van der Waals surface area contributed by atoms with Gasteiger partial charge in [0.05, 0.1) is 11.4 Å². The number of anilines is 6. The highest BCUT2D eigenvalue weighted by atomic mass is 32.1. The number of fused-ring (bicyclic) bond motifs is 7. The lowest BCUT2D eigenvalue weighted by Crippen LogP contribution is -2.11. The van der Waals surface area contributed by atoms with Crippen LogP contribution < -0.4 is 9.80 Å². The molecule has 0 aliphatic rings. The van der Waals surface area contributed by atoms with Crippen molar-refractivity contribution >= 4 is 98.3 Å². The largest absolute Gasteiger partial charge is 0.456 e. The minimum Gasteiger partial charge on any atom is -0.456 e. The zero-order chi connectivity index (χ0) is 37.0. The van der Waals surface area contributed by atoms with E-state index in [-0.39, 0.29) is 0 Å². The molecule has 0 unspecified atom stereocenters. The summed E-state index contributed by atoms with van der Waals surface area (Å²) in [6.07, 6.45) is 0. The van der Waals surface area contributed by atoms with Gasteiger partial charge in [-0.2, -0.15) is 0 Å². The number of furan rings is 1. The van der Waals surface area contributed by atoms with Crippen molar-refractivity contribution in [3.8, 4) is 11.1 Å². The van der Waals surface area contributed by atoms with Gasteiger partial charge in [-0.15, -0.1) is 11.3 Å². The quantitative estimate of drug-likeness (QED) is 0.163. The molecule has 0 saturated heterocycles. The van der Waals surface area contributed by atoms with E-state index in [0.717, 1.165) is 56.1 Å². The van der Waals surface area contributed by atoms with E-state index in [1.54, 1.807) is 0 Å². The molecular weight excluding hydrogens is 701 g/mol. The van der Waals surface area contributed by atoms with Crippen molar-refractivity contribution in [3.63, 3.8) is 0 Å². The van der Waals surface area contributed by atoms with E-state index in [1.165, 1.54) is 42.1 Å². The molecule has 3 nitrogen and oxygen atoms in total. The fraction of sp³-hybridized carbons (Fsp3) is 0. The normalized spacial score (nSPS) is 11.6. The number of nitrogens with zero attached hydrogens (tertiary/aromatic N) is 2. The zero-order valence-electron chi connectivity index (χ0n) is 30.3. The first kappa shape index (κ1) is 32.3. The van der Waals surface area contributed by atoms with Gasteiger partial charge in [-0.3, -0.25) is 0 Å². The second kappa shape index (κ2) is 13.3. The maximum absolute atomic E-state index is 6.49. The van der Waals surface area contributed by atoms with E-state index < -0.39 is 0 Å². The molecule has 4 heteroatoms. The Morgan fingerprint density at radius 1 is 0.339 bits per heavy atom. The molecule has 0 N–H and O–H groups in total. The molecule has 0 bridgehead atoms. The summed E-state index contributed by atoms with van der Waals surface area (Å²) >= 11 is 1.84. The van der Waals surface area contributed by atoms with E-state index in [9.17, 15) is 0 Å². The van der Waals surface area contributed by atoms with Crippen molar-refractivity contribution in [2.45, 2.75) is 0 Å². The molecule has 0 atom stereocenters. The van der Waals surface area contributed by atoms with Crippen LogP contribution in [0.25, 0.3) is 64.0 Å². The fourth-order valence-corrected chi connectivity index (χ4v) is 9.38. The van der Waals surface area contributed by atoms with E-state index in [0.29, 0.717) is 0 Å². The molecule has 2 aromatic heterocycles. The van der Waals surface area contributed by atoms with Crippen LogP contribution in [0.1, 0.15) is 0 Å². The van der Waals surface area contributed by atoms with Crippen molar-refractivity contribution in [1.29, 1.82) is 0 Å². The summed E-state index contributed by atoms with van der Waals surface area (Å²) in [5, 5.41) is 7.15. The molecule has 0 spiro atoms. The highest BCUT2D eigenvalue weighted by molar-refractivity contribution is 7.26. The second-order valence-electron chi connectivity index (χ2n) is 14.1. The molecule has 11 aromatic rings. The maximum Gasteiger partial charge on any atom is 0.137 e. The van der Waals surface area contributed by atoms with Gasteiger partial charge in [-0.1, -0.05) is 115 Å². The number of rotatable bonds is 7. The highest BCUT2D eigenvalue weighted by Crippen LogP contribution is 2.50. The van der Waals surface area contributed by atoms with Crippen molar-refractivity contribution in [2.24, 2.45) is 0 Å². The molecule has 11 rings (SSSR count). The number of thiophene rings is 1. The van der Waals surface area contributed by atoms with Crippen LogP contribution in [0.2, 0.25) is 0 Å². The monoisotopic (exact) mass is 734 g/mol. The zero-order valence-corrected chi connectivity index (χ0v) is 31.2. The Kier molecular flexibility index (Phi) is 7.68. The topological polar surface area (TPSA) is 19.6 Å². The van der Waals surface area contributed by atoms with Gasteiger partial charge in [0.15, 0.2) is 0 Å². The predicted molar refractivity (Wildman–Crippen MR) is 239 cm³/mol. The SMILES string of the molecule is c1ccc(N(c2ccccc2)c2cccc3sc4cccc(N(c5ccc(-c6ccc7ccccc7c6)cc5)c5ccc6c(c5)oc5ccccc56)c4c23)cc1. The molecule has 9 aromatic carbocycles. The molecular formula is C52H34N2OS. The first-order valence-corrected chi connectivity index (χ1v) is 19.7. The molecule has 0 fully saturated rings. The predicted octanol–water partition coefficient (Wildman–Crippen LogP) is 15.7. The number of hydrogen-bond donors (Lipinski definition) is 0. The van der Waals surface area contributed by atoms with E-state index >= 15 is 0 Å². The van der Waals surface area contributed by atoms with Gasteiger partial charge in [0, 0.05) is 59.8 Å². The molecule has 0 radical (unpaired) electrons. The van der Waals surface area contributed by atoms with Crippen LogP contribution in [0.5, 0.6) is 0 Å². The summed E-state index contributed by atoms with van der Waals surface area (Å²) in [6.45, 7) is 0. The van der Waals surface area contributed by atoms with Gasteiger partial charge < -0.3 is 14.2 Å². The molecule has 0 saturated carbocycles. The summed E-state index contributed by atoms with van der Waals surface area (Å²) in [7, 11) is 0. The van der Waals surface area contributed by atoms with Crippen LogP contribution in [0.4, 0.5) is 34.1 Å². The van der Waals surface area contributed by atoms with Crippen LogP contribution in [0, 0.1) is 0 Å². The van der Waals surface area contributed by atoms with Gasteiger partial charge in [-0.05, 0) is 107 Å². The molecule has 2 heterocycles. The Labute approximate surface area is 328 Å². The molecule has 56 heavy (non-hydrogen) atoms. The van der Waals surface area contributed by atoms with Gasteiger partial charge in [0.2, 0.25) is 0 Å². The summed E-state index contributed by atoms with van der Waals surface area (Å²) in [5.41, 5.74) is 10.7. The highest BCUT2D eigenvalue weighted by Gasteiger charge is 2.24. The Hall–Kier alpha value is -7.14. The Bertz CT molecular complexity index is 3160. The number of para-hydroxylation sites is 3. The average molecular weight is 735 g/mol. The third-order valence-corrected chi connectivity index (χ3v) is 11.9. The van der Waals surface area contributed by atoms with Crippen molar-refractivity contribution < 1.29 is 4.42 Å². The van der Waals surface area contributed by atoms with Crippen LogP contribution in [0.3, 0.4) is 0 Å². The lowest BCUT2D eigenvalue weighted by atomic mass is 10.0. The van der Waals surface area contributed by atoms with Gasteiger partial charge in [0.25, 0.3) is 0 Å². The Morgan fingerprint density at radius 2 is 0.875 bits per heavy atom. The Balaban J connectivity index is 1.15. The van der Waals surface area contributed by atoms with Gasteiger partial charge in [-0.25, -0.2) is 0 Å². The summed E-state index contributed by atoms with van der Waals surface area (Å²) in [6, 6.07) is 73.9. The summed E-state index contributed by atoms with van der Waals surface area (Å²) in [5.74, 6) is 0. The Morgan fingerprint density at radius 3 is 1.57 bits per heavy atom. The maximum atomic E-state index is 6.49. The average Bonchev–Trinajstić information content (AvgIpc) is 3.84. The smallest absolute Gasteiger partial charge is 0.137 e. The first-order chi connectivity index (χ1) is 27.8. The van der Waals surface area contributed by atoms with Crippen LogP contribution in [0.15, 0.2) is 211 Å². The molecule has 264 valence electrons. The minimum absolute atomic E-state index is 0.865. The van der Waals surface area contributed by atoms with Crippen molar-refractivity contribution in [3.05, 3.63) is 206 Å². The molecule has 0 aliphatic heterocycles. The lowest BCUT2D eigenvalue weighted by molar-refractivity contribution is 0.669. The minimum atomic E-state index is 0.865.